The molecule has 0 radical (unpaired) electrons. The molecule has 162 valence electrons. The van der Waals surface area contributed by atoms with Crippen LogP contribution < -0.4 is 15.0 Å². The summed E-state index contributed by atoms with van der Waals surface area (Å²) in [7, 11) is 1.64. The van der Waals surface area contributed by atoms with Gasteiger partial charge in [0, 0.05) is 26.2 Å². The number of urea groups is 1. The number of hydrogen-bond acceptors (Lipinski definition) is 4. The quantitative estimate of drug-likeness (QED) is 0.664. The number of piperazine rings is 1. The molecule has 3 aromatic rings. The molecule has 1 unspecified atom stereocenters. The molecule has 1 aliphatic rings. The maximum absolute atomic E-state index is 13.2. The molecule has 2 amide bonds. The molecule has 32 heavy (non-hydrogen) atoms. The molecule has 0 aromatic heterocycles. The first-order valence-electron chi connectivity index (χ1n) is 10.7. The summed E-state index contributed by atoms with van der Waals surface area (Å²) in [6.45, 7) is 2.56. The van der Waals surface area contributed by atoms with Gasteiger partial charge in [-0.25, -0.2) is 4.79 Å². The van der Waals surface area contributed by atoms with E-state index in [1.165, 1.54) is 0 Å². The molecule has 1 saturated heterocycles. The van der Waals surface area contributed by atoms with Gasteiger partial charge in [-0.15, -0.1) is 0 Å². The number of nitriles is 1. The van der Waals surface area contributed by atoms with Gasteiger partial charge in [-0.1, -0.05) is 54.6 Å². The van der Waals surface area contributed by atoms with Crippen LogP contribution in [0, 0.1) is 11.3 Å². The fourth-order valence-electron chi connectivity index (χ4n) is 4.01. The maximum Gasteiger partial charge on any atom is 0.318 e. The third-order valence-corrected chi connectivity index (χ3v) is 5.78. The van der Waals surface area contributed by atoms with Crippen molar-refractivity contribution in [3.63, 3.8) is 0 Å². The molecule has 4 rings (SSSR count). The van der Waals surface area contributed by atoms with Crippen LogP contribution in [0.3, 0.4) is 0 Å². The van der Waals surface area contributed by atoms with Crippen molar-refractivity contribution in [2.75, 3.05) is 38.2 Å². The lowest BCUT2D eigenvalue weighted by molar-refractivity contribution is 0.192. The molecule has 0 bridgehead atoms. The van der Waals surface area contributed by atoms with Crippen molar-refractivity contribution in [1.29, 1.82) is 5.26 Å². The second-order valence-corrected chi connectivity index (χ2v) is 7.67. The van der Waals surface area contributed by atoms with Crippen LogP contribution in [0.5, 0.6) is 5.75 Å². The number of benzene rings is 3. The monoisotopic (exact) mass is 426 g/mol. The van der Waals surface area contributed by atoms with Crippen molar-refractivity contribution in [2.24, 2.45) is 0 Å². The molecule has 0 saturated carbocycles. The number of anilines is 1. The van der Waals surface area contributed by atoms with E-state index in [0.717, 1.165) is 22.6 Å². The molecule has 1 heterocycles. The third-order valence-electron chi connectivity index (χ3n) is 5.78. The summed E-state index contributed by atoms with van der Waals surface area (Å²) in [5.41, 5.74) is 3.60. The van der Waals surface area contributed by atoms with Gasteiger partial charge >= 0.3 is 6.03 Å². The number of amides is 2. The number of ether oxygens (including phenoxy) is 1. The second kappa shape index (κ2) is 9.88. The minimum atomic E-state index is -0.257. The highest BCUT2D eigenvalue weighted by Gasteiger charge is 2.25. The average Bonchev–Trinajstić information content (AvgIpc) is 2.88. The van der Waals surface area contributed by atoms with E-state index in [0.29, 0.717) is 31.7 Å². The van der Waals surface area contributed by atoms with Crippen LogP contribution in [0.2, 0.25) is 0 Å². The number of para-hydroxylation sites is 1. The van der Waals surface area contributed by atoms with Gasteiger partial charge in [0.05, 0.1) is 24.4 Å². The van der Waals surface area contributed by atoms with Gasteiger partial charge in [-0.2, -0.15) is 5.26 Å². The zero-order valence-electron chi connectivity index (χ0n) is 18.1. The van der Waals surface area contributed by atoms with Gasteiger partial charge in [0.15, 0.2) is 0 Å². The van der Waals surface area contributed by atoms with Crippen LogP contribution in [0.25, 0.3) is 0 Å². The fraction of sp³-hybridized carbons (Fsp3) is 0.231. The molecule has 1 atom stereocenters. The Bertz CT molecular complexity index is 1080. The molecule has 0 aliphatic carbocycles. The van der Waals surface area contributed by atoms with Crippen molar-refractivity contribution in [1.82, 2.24) is 10.2 Å². The van der Waals surface area contributed by atoms with Crippen LogP contribution in [0.15, 0.2) is 78.9 Å². The lowest BCUT2D eigenvalue weighted by Crippen LogP contribution is -2.52. The summed E-state index contributed by atoms with van der Waals surface area (Å²) in [6.07, 6.45) is 0. The van der Waals surface area contributed by atoms with Crippen LogP contribution in [0.4, 0.5) is 10.5 Å². The van der Waals surface area contributed by atoms with Gasteiger partial charge in [0.2, 0.25) is 0 Å². The molecular weight excluding hydrogens is 400 g/mol. The van der Waals surface area contributed by atoms with Crippen molar-refractivity contribution >= 4 is 11.7 Å². The Balaban J connectivity index is 1.46. The molecule has 1 fully saturated rings. The van der Waals surface area contributed by atoms with Crippen molar-refractivity contribution in [2.45, 2.75) is 6.04 Å². The Morgan fingerprint density at radius 2 is 1.53 bits per heavy atom. The first kappa shape index (κ1) is 21.3. The predicted molar refractivity (Wildman–Crippen MR) is 125 cm³/mol. The van der Waals surface area contributed by atoms with E-state index in [1.54, 1.807) is 7.11 Å². The van der Waals surface area contributed by atoms with E-state index in [1.807, 2.05) is 83.8 Å². The highest BCUT2D eigenvalue weighted by Crippen LogP contribution is 2.25. The van der Waals surface area contributed by atoms with E-state index in [-0.39, 0.29) is 12.1 Å². The minimum Gasteiger partial charge on any atom is -0.497 e. The first-order chi connectivity index (χ1) is 15.7. The average molecular weight is 427 g/mol. The number of methoxy groups -OCH3 is 1. The SMILES string of the molecule is COc1ccc(C(NC(=O)N2CCN(c3ccccc3C#N)CC2)c2ccccc2)cc1. The first-order valence-corrected chi connectivity index (χ1v) is 10.7. The highest BCUT2D eigenvalue weighted by molar-refractivity contribution is 5.76. The summed E-state index contributed by atoms with van der Waals surface area (Å²) in [5.74, 6) is 0.778. The summed E-state index contributed by atoms with van der Waals surface area (Å²) >= 11 is 0. The molecule has 6 nitrogen and oxygen atoms in total. The van der Waals surface area contributed by atoms with E-state index in [9.17, 15) is 10.1 Å². The normalized spacial score (nSPS) is 14.4. The number of carbonyl (C=O) groups is 1. The summed E-state index contributed by atoms with van der Waals surface area (Å²) in [5, 5.41) is 12.6. The van der Waals surface area contributed by atoms with Gasteiger partial charge in [0.1, 0.15) is 11.8 Å². The zero-order chi connectivity index (χ0) is 22.3. The molecule has 0 spiro atoms. The molecule has 6 heteroatoms. The van der Waals surface area contributed by atoms with Crippen molar-refractivity contribution in [3.8, 4) is 11.8 Å². The van der Waals surface area contributed by atoms with Crippen molar-refractivity contribution in [3.05, 3.63) is 95.6 Å². The summed E-state index contributed by atoms with van der Waals surface area (Å²) in [6, 6.07) is 27.2. The Morgan fingerprint density at radius 3 is 2.19 bits per heavy atom. The van der Waals surface area contributed by atoms with E-state index >= 15 is 0 Å². The fourth-order valence-corrected chi connectivity index (χ4v) is 4.01. The van der Waals surface area contributed by atoms with Gasteiger partial charge in [0.25, 0.3) is 0 Å². The molecule has 3 aromatic carbocycles. The van der Waals surface area contributed by atoms with E-state index in [2.05, 4.69) is 16.3 Å². The zero-order valence-corrected chi connectivity index (χ0v) is 18.1. The van der Waals surface area contributed by atoms with Gasteiger partial charge < -0.3 is 19.9 Å². The number of carbonyl (C=O) groups excluding carboxylic acids is 1. The largest absolute Gasteiger partial charge is 0.497 e. The van der Waals surface area contributed by atoms with Crippen LogP contribution >= 0.6 is 0 Å². The van der Waals surface area contributed by atoms with Crippen molar-refractivity contribution < 1.29 is 9.53 Å². The van der Waals surface area contributed by atoms with Gasteiger partial charge in [-0.3, -0.25) is 0 Å². The molecule has 1 N–H and O–H groups in total. The summed E-state index contributed by atoms with van der Waals surface area (Å²) < 4.78 is 5.27. The van der Waals surface area contributed by atoms with E-state index in [4.69, 9.17) is 4.74 Å². The molecular formula is C26H26N4O2. The van der Waals surface area contributed by atoms with Crippen LogP contribution in [0.1, 0.15) is 22.7 Å². The number of rotatable bonds is 5. The third kappa shape index (κ3) is 4.68. The Morgan fingerprint density at radius 1 is 0.906 bits per heavy atom. The maximum atomic E-state index is 13.2. The van der Waals surface area contributed by atoms with Crippen LogP contribution in [-0.4, -0.2) is 44.2 Å². The topological polar surface area (TPSA) is 68.6 Å². The molecule has 1 aliphatic heterocycles. The Labute approximate surface area is 188 Å². The lowest BCUT2D eigenvalue weighted by Gasteiger charge is -2.37. The second-order valence-electron chi connectivity index (χ2n) is 7.67. The number of nitrogens with zero attached hydrogens (tertiary/aromatic N) is 3. The minimum absolute atomic E-state index is 0.0945. The number of nitrogens with one attached hydrogen (secondary N) is 1. The van der Waals surface area contributed by atoms with Crippen LogP contribution in [-0.2, 0) is 0 Å². The summed E-state index contributed by atoms with van der Waals surface area (Å²) in [4.78, 5) is 17.2. The Hall–Kier alpha value is -3.98. The predicted octanol–water partition coefficient (Wildman–Crippen LogP) is 4.19. The smallest absolute Gasteiger partial charge is 0.318 e. The van der Waals surface area contributed by atoms with E-state index < -0.39 is 0 Å². The Kier molecular flexibility index (Phi) is 6.57. The van der Waals surface area contributed by atoms with Gasteiger partial charge in [-0.05, 0) is 35.4 Å². The standard InChI is InChI=1S/C26H26N4O2/c1-32-23-13-11-21(12-14-23)25(20-7-3-2-4-8-20)28-26(31)30-17-15-29(16-18-30)24-10-6-5-9-22(24)19-27/h2-14,25H,15-18H2,1H3,(H,28,31). The lowest BCUT2D eigenvalue weighted by atomic mass is 9.98. The number of hydrogen-bond donors (Lipinski definition) is 1. The highest BCUT2D eigenvalue weighted by atomic mass is 16.5.